The Labute approximate surface area is 143 Å². The minimum atomic E-state index is 0.308. The first-order valence-corrected chi connectivity index (χ1v) is 8.35. The summed E-state index contributed by atoms with van der Waals surface area (Å²) in [5.41, 5.74) is 7.13. The van der Waals surface area contributed by atoms with Crippen LogP contribution in [0.3, 0.4) is 0 Å². The van der Waals surface area contributed by atoms with Crippen molar-refractivity contribution in [3.05, 3.63) is 62.1 Å². The van der Waals surface area contributed by atoms with Crippen LogP contribution >= 0.6 is 23.2 Å². The molecular formula is C19H23Cl2N. The summed E-state index contributed by atoms with van der Waals surface area (Å²) in [6, 6.07) is 8.41. The molecule has 0 aromatic heterocycles. The van der Waals surface area contributed by atoms with Crippen molar-refractivity contribution in [2.24, 2.45) is 0 Å². The van der Waals surface area contributed by atoms with Gasteiger partial charge in [0.2, 0.25) is 0 Å². The zero-order chi connectivity index (χ0) is 16.4. The van der Waals surface area contributed by atoms with E-state index in [9.17, 15) is 0 Å². The van der Waals surface area contributed by atoms with E-state index in [0.29, 0.717) is 5.92 Å². The number of halogens is 2. The molecule has 2 aromatic rings. The summed E-state index contributed by atoms with van der Waals surface area (Å²) in [5.74, 6) is 0.308. The lowest BCUT2D eigenvalue weighted by atomic mass is 9.94. The Kier molecular flexibility index (Phi) is 5.41. The second kappa shape index (κ2) is 6.93. The van der Waals surface area contributed by atoms with E-state index in [4.69, 9.17) is 23.2 Å². The zero-order valence-electron chi connectivity index (χ0n) is 13.8. The Bertz CT molecular complexity index is 690. The van der Waals surface area contributed by atoms with Crippen molar-refractivity contribution in [1.29, 1.82) is 0 Å². The Morgan fingerprint density at radius 2 is 1.73 bits per heavy atom. The van der Waals surface area contributed by atoms with Gasteiger partial charge in [-0.25, -0.2) is 0 Å². The third-order valence-electron chi connectivity index (χ3n) is 3.98. The van der Waals surface area contributed by atoms with Gasteiger partial charge in [-0.1, -0.05) is 60.8 Å². The van der Waals surface area contributed by atoms with Gasteiger partial charge in [0.05, 0.1) is 0 Å². The Morgan fingerprint density at radius 3 is 2.32 bits per heavy atom. The maximum absolute atomic E-state index is 6.63. The van der Waals surface area contributed by atoms with Crippen LogP contribution in [0, 0.1) is 13.8 Å². The van der Waals surface area contributed by atoms with Crippen LogP contribution in [-0.4, -0.2) is 7.05 Å². The minimum Gasteiger partial charge on any atom is -0.388 e. The first-order valence-electron chi connectivity index (χ1n) is 7.59. The van der Waals surface area contributed by atoms with E-state index in [2.05, 4.69) is 45.1 Å². The summed E-state index contributed by atoms with van der Waals surface area (Å²) >= 11 is 12.9. The molecule has 0 radical (unpaired) electrons. The van der Waals surface area contributed by atoms with Crippen LogP contribution in [0.1, 0.15) is 47.6 Å². The van der Waals surface area contributed by atoms with Gasteiger partial charge >= 0.3 is 0 Å². The molecule has 0 unspecified atom stereocenters. The van der Waals surface area contributed by atoms with Crippen LogP contribution in [-0.2, 0) is 6.42 Å². The summed E-state index contributed by atoms with van der Waals surface area (Å²) in [6.07, 6.45) is 0.800. The number of rotatable bonds is 4. The van der Waals surface area contributed by atoms with Gasteiger partial charge in [0.1, 0.15) is 0 Å². The molecule has 0 fully saturated rings. The number of anilines is 1. The average molecular weight is 336 g/mol. The third-order valence-corrected chi connectivity index (χ3v) is 4.75. The topological polar surface area (TPSA) is 12.0 Å². The lowest BCUT2D eigenvalue weighted by molar-refractivity contribution is 0.864. The molecule has 0 aliphatic heterocycles. The lowest BCUT2D eigenvalue weighted by Crippen LogP contribution is -2.02. The average Bonchev–Trinajstić information content (AvgIpc) is 2.41. The first kappa shape index (κ1) is 17.2. The zero-order valence-corrected chi connectivity index (χ0v) is 15.4. The van der Waals surface area contributed by atoms with Crippen molar-refractivity contribution in [3.8, 4) is 0 Å². The van der Waals surface area contributed by atoms with Crippen molar-refractivity contribution in [1.82, 2.24) is 0 Å². The van der Waals surface area contributed by atoms with Gasteiger partial charge in [0, 0.05) is 29.2 Å². The molecule has 118 valence electrons. The molecule has 1 nitrogen and oxygen atoms in total. The summed E-state index contributed by atoms with van der Waals surface area (Å²) in [5, 5.41) is 4.85. The standard InChI is InChI=1S/C19H23Cl2N/c1-11(2)17-16(20)7-6-14(18(17)21)10-15-9-12(3)8-13(4)19(15)22-5/h6-9,11,22H,10H2,1-5H3. The molecule has 0 saturated carbocycles. The second-order valence-electron chi connectivity index (χ2n) is 6.13. The van der Waals surface area contributed by atoms with E-state index in [1.165, 1.54) is 22.4 Å². The van der Waals surface area contributed by atoms with E-state index in [1.807, 2.05) is 19.2 Å². The van der Waals surface area contributed by atoms with Crippen LogP contribution in [0.5, 0.6) is 0 Å². The van der Waals surface area contributed by atoms with E-state index in [-0.39, 0.29) is 0 Å². The fourth-order valence-electron chi connectivity index (χ4n) is 3.04. The molecule has 0 aliphatic carbocycles. The number of aryl methyl sites for hydroxylation is 2. The molecule has 0 spiro atoms. The van der Waals surface area contributed by atoms with Crippen LogP contribution in [0.4, 0.5) is 5.69 Å². The Balaban J connectivity index is 2.51. The van der Waals surface area contributed by atoms with Crippen LogP contribution in [0.25, 0.3) is 0 Å². The van der Waals surface area contributed by atoms with Crippen LogP contribution in [0.15, 0.2) is 24.3 Å². The summed E-state index contributed by atoms with van der Waals surface area (Å²) < 4.78 is 0. The Morgan fingerprint density at radius 1 is 1.05 bits per heavy atom. The smallest absolute Gasteiger partial charge is 0.0490 e. The quantitative estimate of drug-likeness (QED) is 0.684. The van der Waals surface area contributed by atoms with Gasteiger partial charge < -0.3 is 5.32 Å². The van der Waals surface area contributed by atoms with E-state index < -0.39 is 0 Å². The highest BCUT2D eigenvalue weighted by atomic mass is 35.5. The van der Waals surface area contributed by atoms with Crippen molar-refractivity contribution in [2.45, 2.75) is 40.0 Å². The highest BCUT2D eigenvalue weighted by Gasteiger charge is 2.15. The molecule has 0 heterocycles. The molecule has 0 amide bonds. The number of hydrogen-bond donors (Lipinski definition) is 1. The van der Waals surface area contributed by atoms with E-state index >= 15 is 0 Å². The molecular weight excluding hydrogens is 313 g/mol. The SMILES string of the molecule is CNc1c(C)cc(C)cc1Cc1ccc(Cl)c(C(C)C)c1Cl. The maximum atomic E-state index is 6.63. The third kappa shape index (κ3) is 3.42. The second-order valence-corrected chi connectivity index (χ2v) is 6.92. The minimum absolute atomic E-state index is 0.308. The summed E-state index contributed by atoms with van der Waals surface area (Å²) in [7, 11) is 1.96. The molecule has 2 aromatic carbocycles. The van der Waals surface area contributed by atoms with Gasteiger partial charge in [-0.2, -0.15) is 0 Å². The van der Waals surface area contributed by atoms with Gasteiger partial charge in [0.25, 0.3) is 0 Å². The number of benzene rings is 2. The van der Waals surface area contributed by atoms with E-state index in [1.54, 1.807) is 0 Å². The fraction of sp³-hybridized carbons (Fsp3) is 0.368. The van der Waals surface area contributed by atoms with Gasteiger partial charge in [0.15, 0.2) is 0 Å². The van der Waals surface area contributed by atoms with Gasteiger partial charge in [-0.3, -0.25) is 0 Å². The molecule has 0 saturated heterocycles. The van der Waals surface area contributed by atoms with E-state index in [0.717, 1.165) is 27.6 Å². The normalized spacial score (nSPS) is 11.1. The molecule has 3 heteroatoms. The number of hydrogen-bond acceptors (Lipinski definition) is 1. The lowest BCUT2D eigenvalue weighted by Gasteiger charge is -2.17. The van der Waals surface area contributed by atoms with Gasteiger partial charge in [-0.15, -0.1) is 0 Å². The predicted octanol–water partition coefficient (Wildman–Crippen LogP) is 6.37. The first-order chi connectivity index (χ1) is 10.3. The molecule has 2 rings (SSSR count). The van der Waals surface area contributed by atoms with Crippen molar-refractivity contribution >= 4 is 28.9 Å². The largest absolute Gasteiger partial charge is 0.388 e. The van der Waals surface area contributed by atoms with Crippen molar-refractivity contribution in [2.75, 3.05) is 12.4 Å². The van der Waals surface area contributed by atoms with Crippen LogP contribution in [0.2, 0.25) is 10.0 Å². The van der Waals surface area contributed by atoms with Crippen molar-refractivity contribution < 1.29 is 0 Å². The fourth-order valence-corrected chi connectivity index (χ4v) is 3.91. The number of nitrogens with one attached hydrogen (secondary N) is 1. The molecule has 1 N–H and O–H groups in total. The summed E-state index contributed by atoms with van der Waals surface area (Å²) in [6.45, 7) is 8.49. The highest BCUT2D eigenvalue weighted by Crippen LogP contribution is 2.36. The van der Waals surface area contributed by atoms with Crippen molar-refractivity contribution in [3.63, 3.8) is 0 Å². The summed E-state index contributed by atoms with van der Waals surface area (Å²) in [4.78, 5) is 0. The highest BCUT2D eigenvalue weighted by molar-refractivity contribution is 6.36. The molecule has 0 aliphatic rings. The monoisotopic (exact) mass is 335 g/mol. The van der Waals surface area contributed by atoms with Gasteiger partial charge in [-0.05, 0) is 48.1 Å². The molecule has 0 atom stereocenters. The Hall–Kier alpha value is -1.18. The molecule has 0 bridgehead atoms. The predicted molar refractivity (Wildman–Crippen MR) is 98.8 cm³/mol. The van der Waals surface area contributed by atoms with Crippen LogP contribution < -0.4 is 5.32 Å². The maximum Gasteiger partial charge on any atom is 0.0490 e. The molecule has 22 heavy (non-hydrogen) atoms.